The van der Waals surface area contributed by atoms with Gasteiger partial charge >= 0.3 is 0 Å². The summed E-state index contributed by atoms with van der Waals surface area (Å²) in [6.07, 6.45) is 5.81. The Bertz CT molecular complexity index is 712. The Morgan fingerprint density at radius 2 is 2.00 bits per heavy atom. The van der Waals surface area contributed by atoms with Gasteiger partial charge in [0.25, 0.3) is 0 Å². The highest BCUT2D eigenvalue weighted by Crippen LogP contribution is 2.18. The first kappa shape index (κ1) is 13.8. The van der Waals surface area contributed by atoms with E-state index in [2.05, 4.69) is 50.4 Å². The summed E-state index contributed by atoms with van der Waals surface area (Å²) in [4.78, 5) is 9.00. The van der Waals surface area contributed by atoms with Gasteiger partial charge in [0, 0.05) is 25.5 Å². The number of nitrogens with zero attached hydrogens (tertiary/aromatic N) is 4. The van der Waals surface area contributed by atoms with Gasteiger partial charge in [-0.05, 0) is 25.6 Å². The second kappa shape index (κ2) is 6.10. The van der Waals surface area contributed by atoms with Crippen molar-refractivity contribution in [2.75, 3.05) is 6.54 Å². The number of hydrogen-bond acceptors (Lipinski definition) is 3. The molecule has 1 N–H and O–H groups in total. The molecule has 0 aliphatic carbocycles. The Morgan fingerprint density at radius 3 is 2.81 bits per heavy atom. The van der Waals surface area contributed by atoms with E-state index >= 15 is 0 Å². The average Bonchev–Trinajstić information content (AvgIpc) is 3.13. The fourth-order valence-electron chi connectivity index (χ4n) is 2.73. The van der Waals surface area contributed by atoms with Gasteiger partial charge in [-0.25, -0.2) is 9.97 Å². The highest BCUT2D eigenvalue weighted by atomic mass is 15.1. The molecule has 1 unspecified atom stereocenters. The smallest absolute Gasteiger partial charge is 0.127 e. The average molecular weight is 283 g/mol. The summed E-state index contributed by atoms with van der Waals surface area (Å²) < 4.78 is 4.38. The number of benzene rings is 1. The van der Waals surface area contributed by atoms with Gasteiger partial charge in [0.2, 0.25) is 0 Å². The maximum absolute atomic E-state index is 4.53. The first-order chi connectivity index (χ1) is 10.3. The van der Waals surface area contributed by atoms with Gasteiger partial charge in [0.15, 0.2) is 0 Å². The van der Waals surface area contributed by atoms with E-state index in [0.717, 1.165) is 36.5 Å². The van der Waals surface area contributed by atoms with E-state index in [1.165, 1.54) is 0 Å². The topological polar surface area (TPSA) is 47.7 Å². The van der Waals surface area contributed by atoms with Gasteiger partial charge in [0.05, 0.1) is 23.4 Å². The summed E-state index contributed by atoms with van der Waals surface area (Å²) >= 11 is 0. The zero-order valence-electron chi connectivity index (χ0n) is 12.5. The molecule has 3 aromatic rings. The van der Waals surface area contributed by atoms with E-state index in [4.69, 9.17) is 0 Å². The molecule has 0 bridgehead atoms. The minimum atomic E-state index is 0.183. The van der Waals surface area contributed by atoms with E-state index in [9.17, 15) is 0 Å². The lowest BCUT2D eigenvalue weighted by Crippen LogP contribution is -2.28. The maximum atomic E-state index is 4.53. The summed E-state index contributed by atoms with van der Waals surface area (Å²) in [5, 5.41) is 3.53. The molecule has 0 amide bonds. The molecule has 1 atom stereocenters. The van der Waals surface area contributed by atoms with Gasteiger partial charge in [-0.3, -0.25) is 0 Å². The molecule has 110 valence electrons. The summed E-state index contributed by atoms with van der Waals surface area (Å²) in [7, 11) is 0. The Hall–Kier alpha value is -2.14. The van der Waals surface area contributed by atoms with Crippen molar-refractivity contribution in [1.82, 2.24) is 24.4 Å². The molecule has 3 rings (SSSR count). The summed E-state index contributed by atoms with van der Waals surface area (Å²) in [5.74, 6) is 1.08. The number of nitrogens with one attached hydrogen (secondary N) is 1. The molecular weight excluding hydrogens is 262 g/mol. The lowest BCUT2D eigenvalue weighted by atomic mass is 10.2. The van der Waals surface area contributed by atoms with Crippen LogP contribution in [0.15, 0.2) is 43.0 Å². The fourth-order valence-corrected chi connectivity index (χ4v) is 2.73. The van der Waals surface area contributed by atoms with E-state index in [-0.39, 0.29) is 6.04 Å². The van der Waals surface area contributed by atoms with Crippen molar-refractivity contribution in [3.63, 3.8) is 0 Å². The molecule has 21 heavy (non-hydrogen) atoms. The number of likely N-dealkylation sites (N-methyl/N-ethyl adjacent to an activating group) is 1. The van der Waals surface area contributed by atoms with Crippen molar-refractivity contribution in [3.8, 4) is 0 Å². The third kappa shape index (κ3) is 2.69. The van der Waals surface area contributed by atoms with Crippen LogP contribution < -0.4 is 5.32 Å². The van der Waals surface area contributed by atoms with Crippen molar-refractivity contribution in [1.29, 1.82) is 0 Å². The van der Waals surface area contributed by atoms with Crippen LogP contribution in [0.1, 0.15) is 25.7 Å². The molecule has 2 heterocycles. The Morgan fingerprint density at radius 1 is 1.14 bits per heavy atom. The van der Waals surface area contributed by atoms with Gasteiger partial charge in [-0.15, -0.1) is 0 Å². The molecule has 0 aliphatic heterocycles. The minimum Gasteiger partial charge on any atom is -0.334 e. The monoisotopic (exact) mass is 283 g/mol. The van der Waals surface area contributed by atoms with Crippen molar-refractivity contribution >= 4 is 11.0 Å². The molecule has 0 spiro atoms. The number of aryl methyl sites for hydroxylation is 1. The van der Waals surface area contributed by atoms with Crippen LogP contribution in [0, 0.1) is 0 Å². The molecule has 1 aromatic carbocycles. The highest BCUT2D eigenvalue weighted by Gasteiger charge is 2.17. The minimum absolute atomic E-state index is 0.183. The van der Waals surface area contributed by atoms with Crippen molar-refractivity contribution in [2.24, 2.45) is 0 Å². The van der Waals surface area contributed by atoms with Gasteiger partial charge < -0.3 is 14.5 Å². The number of aromatic nitrogens is 4. The second-order valence-corrected chi connectivity index (χ2v) is 5.07. The van der Waals surface area contributed by atoms with Crippen molar-refractivity contribution < 1.29 is 0 Å². The molecule has 0 saturated carbocycles. The normalized spacial score (nSPS) is 12.9. The zero-order valence-corrected chi connectivity index (χ0v) is 12.5. The number of imidazole rings is 2. The van der Waals surface area contributed by atoms with Crippen LogP contribution in [-0.4, -0.2) is 25.6 Å². The molecule has 0 radical (unpaired) electrons. The highest BCUT2D eigenvalue weighted by molar-refractivity contribution is 5.74. The zero-order chi connectivity index (χ0) is 14.7. The summed E-state index contributed by atoms with van der Waals surface area (Å²) in [6.45, 7) is 6.93. The number of rotatable bonds is 6. The first-order valence-electron chi connectivity index (χ1n) is 7.47. The largest absolute Gasteiger partial charge is 0.334 e. The molecule has 0 saturated heterocycles. The molecule has 0 fully saturated rings. The molecule has 0 aliphatic rings. The fraction of sp³-hybridized carbons (Fsp3) is 0.375. The van der Waals surface area contributed by atoms with Crippen LogP contribution in [0.3, 0.4) is 0 Å². The number of para-hydroxylation sites is 2. The molecule has 5 heteroatoms. The predicted molar refractivity (Wildman–Crippen MR) is 84.1 cm³/mol. The van der Waals surface area contributed by atoms with Crippen molar-refractivity contribution in [3.05, 3.63) is 48.8 Å². The third-order valence-corrected chi connectivity index (χ3v) is 3.76. The first-order valence-corrected chi connectivity index (χ1v) is 7.47. The summed E-state index contributed by atoms with van der Waals surface area (Å²) in [5.41, 5.74) is 2.20. The SMILES string of the molecule is CCNC(Cn1cnc2ccccc21)c1nccn1CC. The molecular formula is C16H21N5. The Balaban J connectivity index is 1.92. The van der Waals surface area contributed by atoms with Crippen LogP contribution in [-0.2, 0) is 13.1 Å². The quantitative estimate of drug-likeness (QED) is 0.756. The lowest BCUT2D eigenvalue weighted by Gasteiger charge is -2.19. The van der Waals surface area contributed by atoms with Crippen LogP contribution in [0.4, 0.5) is 0 Å². The Labute approximate surface area is 124 Å². The second-order valence-electron chi connectivity index (χ2n) is 5.07. The maximum Gasteiger partial charge on any atom is 0.127 e. The van der Waals surface area contributed by atoms with Crippen LogP contribution >= 0.6 is 0 Å². The van der Waals surface area contributed by atoms with Crippen LogP contribution in [0.2, 0.25) is 0 Å². The third-order valence-electron chi connectivity index (χ3n) is 3.76. The number of fused-ring (bicyclic) bond motifs is 1. The lowest BCUT2D eigenvalue weighted by molar-refractivity contribution is 0.442. The van der Waals surface area contributed by atoms with Crippen LogP contribution in [0.25, 0.3) is 11.0 Å². The van der Waals surface area contributed by atoms with Crippen LogP contribution in [0.5, 0.6) is 0 Å². The van der Waals surface area contributed by atoms with E-state index < -0.39 is 0 Å². The van der Waals surface area contributed by atoms with E-state index in [1.807, 2.05) is 30.9 Å². The molecule has 5 nitrogen and oxygen atoms in total. The standard InChI is InChI=1S/C16H21N5/c1-3-17-14(16-18-9-10-20(16)4-2)11-21-12-19-13-7-5-6-8-15(13)21/h5-10,12,14,17H,3-4,11H2,1-2H3. The molecule has 2 aromatic heterocycles. The number of hydrogen-bond donors (Lipinski definition) is 1. The van der Waals surface area contributed by atoms with E-state index in [1.54, 1.807) is 0 Å². The Kier molecular flexibility index (Phi) is 4.01. The van der Waals surface area contributed by atoms with Gasteiger partial charge in [-0.2, -0.15) is 0 Å². The predicted octanol–water partition coefficient (Wildman–Crippen LogP) is 2.60. The summed E-state index contributed by atoms with van der Waals surface area (Å²) in [6, 6.07) is 8.40. The van der Waals surface area contributed by atoms with Gasteiger partial charge in [0.1, 0.15) is 5.82 Å². The van der Waals surface area contributed by atoms with Crippen molar-refractivity contribution in [2.45, 2.75) is 33.0 Å². The van der Waals surface area contributed by atoms with E-state index in [0.29, 0.717) is 0 Å². The van der Waals surface area contributed by atoms with Gasteiger partial charge in [-0.1, -0.05) is 19.1 Å².